The van der Waals surface area contributed by atoms with E-state index in [9.17, 15) is 4.79 Å². The van der Waals surface area contributed by atoms with E-state index in [2.05, 4.69) is 80.0 Å². The standard InChI is InChI=1S/C21H43NO4Si2/c1-14(26-28(10,11)21(5,6)7)17-18(22-19(17)23)15(16-13-24-16)12-25-27(8,9)20(2,3)4/h14-18H,12-13H2,1-11H3,(H,22,23)/t14-,15-,16+,17-,18-/m1/s1. The first kappa shape index (κ1) is 24.1. The lowest BCUT2D eigenvalue weighted by Crippen LogP contribution is -2.67. The molecule has 28 heavy (non-hydrogen) atoms. The second-order valence-electron chi connectivity index (χ2n) is 11.8. The van der Waals surface area contributed by atoms with Crippen LogP contribution < -0.4 is 5.32 Å². The summed E-state index contributed by atoms with van der Waals surface area (Å²) >= 11 is 0. The highest BCUT2D eigenvalue weighted by atomic mass is 28.4. The lowest BCUT2D eigenvalue weighted by Gasteiger charge is -2.48. The molecular weight excluding hydrogens is 386 g/mol. The molecule has 2 heterocycles. The van der Waals surface area contributed by atoms with Crippen molar-refractivity contribution in [1.29, 1.82) is 0 Å². The van der Waals surface area contributed by atoms with Gasteiger partial charge in [-0.2, -0.15) is 0 Å². The molecule has 7 heteroatoms. The number of β-lactam (4-membered cyclic amide) rings is 1. The van der Waals surface area contributed by atoms with Crippen LogP contribution >= 0.6 is 0 Å². The molecule has 0 saturated carbocycles. The zero-order valence-electron chi connectivity index (χ0n) is 19.9. The summed E-state index contributed by atoms with van der Waals surface area (Å²) < 4.78 is 18.7. The van der Waals surface area contributed by atoms with Crippen LogP contribution in [0.15, 0.2) is 0 Å². The summed E-state index contributed by atoms with van der Waals surface area (Å²) in [6, 6.07) is 0.0736. The number of rotatable bonds is 8. The molecule has 1 N–H and O–H groups in total. The fraction of sp³-hybridized carbons (Fsp3) is 0.952. The van der Waals surface area contributed by atoms with E-state index in [1.165, 1.54) is 0 Å². The van der Waals surface area contributed by atoms with Crippen LogP contribution in [0.1, 0.15) is 48.5 Å². The number of ether oxygens (including phenoxy) is 1. The van der Waals surface area contributed by atoms with Gasteiger partial charge < -0.3 is 18.9 Å². The molecule has 2 aliphatic rings. The smallest absolute Gasteiger partial charge is 0.228 e. The average molecular weight is 430 g/mol. The van der Waals surface area contributed by atoms with Crippen molar-refractivity contribution in [2.45, 2.75) is 103 Å². The highest BCUT2D eigenvalue weighted by molar-refractivity contribution is 6.74. The third-order valence-corrected chi connectivity index (χ3v) is 16.6. The summed E-state index contributed by atoms with van der Waals surface area (Å²) in [7, 11) is -3.77. The van der Waals surface area contributed by atoms with Gasteiger partial charge in [-0.1, -0.05) is 41.5 Å². The molecule has 0 aromatic carbocycles. The van der Waals surface area contributed by atoms with Crippen molar-refractivity contribution >= 4 is 22.5 Å². The van der Waals surface area contributed by atoms with E-state index in [0.717, 1.165) is 6.61 Å². The molecule has 5 nitrogen and oxygen atoms in total. The molecule has 2 saturated heterocycles. The van der Waals surface area contributed by atoms with E-state index in [1.807, 2.05) is 0 Å². The van der Waals surface area contributed by atoms with E-state index in [1.54, 1.807) is 0 Å². The highest BCUT2D eigenvalue weighted by Crippen LogP contribution is 2.42. The second kappa shape index (κ2) is 7.80. The SMILES string of the molecule is C[C@@H](O[Si](C)(C)C(C)(C)C)[C@H]1C(=O)N[C@@H]1[C@H](CO[Si](C)(C)C(C)(C)C)[C@@H]1CO1. The maximum Gasteiger partial charge on any atom is 0.228 e. The lowest BCUT2D eigenvalue weighted by atomic mass is 9.77. The van der Waals surface area contributed by atoms with E-state index in [4.69, 9.17) is 13.6 Å². The van der Waals surface area contributed by atoms with Crippen LogP contribution in [-0.4, -0.2) is 54.0 Å². The van der Waals surface area contributed by atoms with Crippen molar-refractivity contribution in [3.63, 3.8) is 0 Å². The fourth-order valence-corrected chi connectivity index (χ4v) is 5.75. The largest absolute Gasteiger partial charge is 0.416 e. The van der Waals surface area contributed by atoms with Crippen LogP contribution in [0.4, 0.5) is 0 Å². The summed E-state index contributed by atoms with van der Waals surface area (Å²) in [5.41, 5.74) is 0. The van der Waals surface area contributed by atoms with Crippen LogP contribution in [-0.2, 0) is 18.4 Å². The van der Waals surface area contributed by atoms with Gasteiger partial charge in [0.05, 0.1) is 30.8 Å². The summed E-state index contributed by atoms with van der Waals surface area (Å²) in [6.07, 6.45) is 0.103. The van der Waals surface area contributed by atoms with Gasteiger partial charge in [-0.25, -0.2) is 0 Å². The van der Waals surface area contributed by atoms with Gasteiger partial charge in [0.1, 0.15) is 0 Å². The van der Waals surface area contributed by atoms with Gasteiger partial charge in [0, 0.05) is 12.5 Å². The van der Waals surface area contributed by atoms with Crippen LogP contribution in [0.25, 0.3) is 0 Å². The van der Waals surface area contributed by atoms with Crippen molar-refractivity contribution < 1.29 is 18.4 Å². The van der Waals surface area contributed by atoms with E-state index in [-0.39, 0.29) is 46.1 Å². The molecular formula is C21H43NO4Si2. The molecule has 0 bridgehead atoms. The minimum atomic E-state index is -1.93. The first-order chi connectivity index (χ1) is 12.5. The molecule has 5 atom stereocenters. The van der Waals surface area contributed by atoms with Crippen LogP contribution in [0.3, 0.4) is 0 Å². The number of hydrogen-bond donors (Lipinski definition) is 1. The minimum Gasteiger partial charge on any atom is -0.416 e. The van der Waals surface area contributed by atoms with Crippen molar-refractivity contribution in [1.82, 2.24) is 5.32 Å². The first-order valence-electron chi connectivity index (χ1n) is 10.7. The molecule has 1 amide bonds. The Kier molecular flexibility index (Phi) is 6.70. The predicted molar refractivity (Wildman–Crippen MR) is 120 cm³/mol. The van der Waals surface area contributed by atoms with Gasteiger partial charge in [0.2, 0.25) is 5.91 Å². The van der Waals surface area contributed by atoms with Crippen molar-refractivity contribution in [2.75, 3.05) is 13.2 Å². The number of carbonyl (C=O) groups excluding carboxylic acids is 1. The van der Waals surface area contributed by atoms with E-state index >= 15 is 0 Å². The maximum atomic E-state index is 12.5. The van der Waals surface area contributed by atoms with Crippen molar-refractivity contribution in [3.05, 3.63) is 0 Å². The van der Waals surface area contributed by atoms with Gasteiger partial charge in [0.15, 0.2) is 16.6 Å². The molecule has 2 rings (SSSR count). The van der Waals surface area contributed by atoms with Gasteiger partial charge in [-0.3, -0.25) is 4.79 Å². The molecule has 164 valence electrons. The highest BCUT2D eigenvalue weighted by Gasteiger charge is 2.54. The number of nitrogens with one attached hydrogen (secondary N) is 1. The van der Waals surface area contributed by atoms with Crippen LogP contribution in [0.5, 0.6) is 0 Å². The molecule has 0 aromatic rings. The number of carbonyl (C=O) groups is 1. The Bertz CT molecular complexity index is 576. The van der Waals surface area contributed by atoms with E-state index < -0.39 is 16.6 Å². The molecule has 2 aliphatic heterocycles. The third-order valence-electron chi connectivity index (χ3n) is 7.53. The van der Waals surface area contributed by atoms with Crippen LogP contribution in [0, 0.1) is 11.8 Å². The Labute approximate surface area is 174 Å². The van der Waals surface area contributed by atoms with E-state index in [0.29, 0.717) is 6.61 Å². The number of epoxide rings is 1. The van der Waals surface area contributed by atoms with Gasteiger partial charge >= 0.3 is 0 Å². The molecule has 0 aromatic heterocycles. The normalized spacial score (nSPS) is 28.4. The summed E-state index contributed by atoms with van der Waals surface area (Å²) in [6.45, 7) is 26.0. The third kappa shape index (κ3) is 5.09. The first-order valence-corrected chi connectivity index (χ1v) is 16.5. The van der Waals surface area contributed by atoms with Crippen molar-refractivity contribution in [3.8, 4) is 0 Å². The Hall–Kier alpha value is -0.216. The fourth-order valence-electron chi connectivity index (χ4n) is 3.28. The molecule has 0 unspecified atom stereocenters. The summed E-state index contributed by atoms with van der Waals surface area (Å²) in [5.74, 6) is 0.183. The number of amides is 1. The Morgan fingerprint density at radius 3 is 1.96 bits per heavy atom. The molecule has 0 spiro atoms. The topological polar surface area (TPSA) is 60.1 Å². The second-order valence-corrected chi connectivity index (χ2v) is 21.3. The monoisotopic (exact) mass is 429 g/mol. The minimum absolute atomic E-state index is 0.0736. The number of hydrogen-bond acceptors (Lipinski definition) is 4. The van der Waals surface area contributed by atoms with Gasteiger partial charge in [0.25, 0.3) is 0 Å². The zero-order chi connectivity index (χ0) is 21.7. The summed E-state index contributed by atoms with van der Waals surface area (Å²) in [4.78, 5) is 12.5. The molecule has 0 aliphatic carbocycles. The zero-order valence-corrected chi connectivity index (χ0v) is 21.9. The Balaban J connectivity index is 2.08. The molecule has 0 radical (unpaired) electrons. The lowest BCUT2D eigenvalue weighted by molar-refractivity contribution is -0.143. The Morgan fingerprint density at radius 2 is 1.57 bits per heavy atom. The van der Waals surface area contributed by atoms with Crippen LogP contribution in [0.2, 0.25) is 36.3 Å². The predicted octanol–water partition coefficient (Wildman–Crippen LogP) is 4.55. The van der Waals surface area contributed by atoms with Gasteiger partial charge in [-0.05, 0) is 43.2 Å². The maximum absolute atomic E-state index is 12.5. The van der Waals surface area contributed by atoms with Crippen molar-refractivity contribution in [2.24, 2.45) is 11.8 Å². The quantitative estimate of drug-likeness (QED) is 0.349. The van der Waals surface area contributed by atoms with Gasteiger partial charge in [-0.15, -0.1) is 0 Å². The Morgan fingerprint density at radius 1 is 1.07 bits per heavy atom. The summed E-state index contributed by atoms with van der Waals surface area (Å²) in [5, 5.41) is 3.44. The average Bonchev–Trinajstić information content (AvgIpc) is 3.27. The molecule has 2 fully saturated rings.